The van der Waals surface area contributed by atoms with Crippen molar-refractivity contribution in [3.8, 4) is 0 Å². The molecule has 0 heterocycles. The SMILES string of the molecule is CC1=C(C)C(C)C(C2(C(C)(C)C)[C-]=C3C=c4cc(C(C)(C)C)ccc4=C3C=C2)=C1C.CC1=C(C)C(C)C(C2(C(C)(C)C)[C-]=C3C=c4cc(C(C)(C)C)ccc4=C3C=C2)=C1C.[Cl-].[Cl-].[Zr]=[C](c1ccccc1)c1ccccc1.[Zr]=[C](c1ccccc1)c1ccccc1. The van der Waals surface area contributed by atoms with Crippen molar-refractivity contribution in [2.75, 3.05) is 0 Å². The maximum absolute atomic E-state index is 4.07. The minimum absolute atomic E-state index is 0. The molecule has 4 atom stereocenters. The van der Waals surface area contributed by atoms with Crippen LogP contribution in [0.1, 0.15) is 172 Å². The fraction of sp³-hybridized carbons (Fsp3) is 0.326. The van der Waals surface area contributed by atoms with Crippen LogP contribution in [0.3, 0.4) is 0 Å². The summed E-state index contributed by atoms with van der Waals surface area (Å²) in [6, 6.07) is 56.2. The van der Waals surface area contributed by atoms with Crippen LogP contribution in [0, 0.1) is 45.6 Å². The molecule has 0 fully saturated rings. The Balaban J connectivity index is 0.000000179. The molecule has 0 spiro atoms. The van der Waals surface area contributed by atoms with Crippen molar-refractivity contribution >= 4 is 29.7 Å². The number of rotatable bonds is 6. The first-order valence-corrected chi connectivity index (χ1v) is 34.4. The number of benzene rings is 6. The van der Waals surface area contributed by atoms with E-state index >= 15 is 0 Å². The third-order valence-electron chi connectivity index (χ3n) is 20.0. The maximum atomic E-state index is 4.07. The molecule has 0 amide bonds. The monoisotopic (exact) mass is 1380 g/mol. The molecule has 0 bridgehead atoms. The Hall–Kier alpha value is -5.19. The summed E-state index contributed by atoms with van der Waals surface area (Å²) in [6.45, 7) is 46.5. The van der Waals surface area contributed by atoms with Crippen LogP contribution < -0.4 is 45.7 Å². The van der Waals surface area contributed by atoms with E-state index < -0.39 is 0 Å². The van der Waals surface area contributed by atoms with Crippen LogP contribution in [-0.2, 0) is 59.3 Å². The van der Waals surface area contributed by atoms with E-state index in [0.29, 0.717) is 11.8 Å². The van der Waals surface area contributed by atoms with E-state index in [1.807, 2.05) is 0 Å². The molecular formula is C86H94Cl2Zr2-4. The summed E-state index contributed by atoms with van der Waals surface area (Å²) in [5, 5.41) is 5.37. The zero-order valence-electron chi connectivity index (χ0n) is 57.4. The van der Waals surface area contributed by atoms with E-state index in [2.05, 4.69) is 345 Å². The fourth-order valence-electron chi connectivity index (χ4n) is 13.8. The van der Waals surface area contributed by atoms with E-state index in [1.54, 1.807) is 0 Å². The molecule has 4 unspecified atom stereocenters. The van der Waals surface area contributed by atoms with Crippen LogP contribution in [0.15, 0.2) is 238 Å². The Morgan fingerprint density at radius 3 is 0.900 bits per heavy atom. The van der Waals surface area contributed by atoms with Gasteiger partial charge >= 0.3 is 198 Å². The van der Waals surface area contributed by atoms with Crippen molar-refractivity contribution in [3.05, 3.63) is 304 Å². The van der Waals surface area contributed by atoms with Gasteiger partial charge in [-0.15, -0.1) is 23.3 Å². The van der Waals surface area contributed by atoms with Gasteiger partial charge in [-0.1, -0.05) is 189 Å². The standard InChI is InChI=1S/2C30H37.2C13H10.2ClH.2Zr/c2*1-18-19(2)21(4)27(20(18)3)30(29(8,9)10)14-13-26-23(17-30)15-22-16-24(28(5,6)7)11-12-25(22)26;2*1-3-7-12(8-4-1)11-13-9-5-2-6-10-13;;;;/h2*11-16,20H,1-10H3;2*1-10H;2*1H;;/q2*-1;;;;;;/p-2. The van der Waals surface area contributed by atoms with Gasteiger partial charge in [0.15, 0.2) is 0 Å². The van der Waals surface area contributed by atoms with Crippen molar-refractivity contribution in [2.45, 2.75) is 149 Å². The molecule has 4 heteroatoms. The molecule has 6 aliphatic carbocycles. The van der Waals surface area contributed by atoms with E-state index in [4.69, 9.17) is 0 Å². The number of allylic oxidation sites excluding steroid dienone is 16. The summed E-state index contributed by atoms with van der Waals surface area (Å²) in [5.41, 5.74) is 25.2. The summed E-state index contributed by atoms with van der Waals surface area (Å²) in [4.78, 5) is 0. The van der Waals surface area contributed by atoms with Gasteiger partial charge in [-0.3, -0.25) is 0 Å². The average molecular weight is 1380 g/mol. The zero-order chi connectivity index (χ0) is 64.1. The zero-order valence-corrected chi connectivity index (χ0v) is 63.8. The van der Waals surface area contributed by atoms with Gasteiger partial charge in [-0.25, -0.2) is 0 Å². The van der Waals surface area contributed by atoms with Gasteiger partial charge in [0.1, 0.15) is 0 Å². The molecular weight excluding hydrogens is 1290 g/mol. The molecule has 0 saturated carbocycles. The number of fused-ring (bicyclic) bond motifs is 4. The van der Waals surface area contributed by atoms with Gasteiger partial charge in [0, 0.05) is 0 Å². The topological polar surface area (TPSA) is 0 Å². The Morgan fingerprint density at radius 2 is 0.667 bits per heavy atom. The predicted molar refractivity (Wildman–Crippen MR) is 373 cm³/mol. The molecule has 0 saturated heterocycles. The van der Waals surface area contributed by atoms with Crippen LogP contribution >= 0.6 is 0 Å². The van der Waals surface area contributed by atoms with Gasteiger partial charge in [-0.2, -0.15) is 35.5 Å². The second-order valence-corrected chi connectivity index (χ2v) is 31.9. The van der Waals surface area contributed by atoms with E-state index in [-0.39, 0.29) is 57.3 Å². The molecule has 0 aromatic heterocycles. The molecule has 90 heavy (non-hydrogen) atoms. The normalized spacial score (nSPS) is 20.4. The fourth-order valence-corrected chi connectivity index (χ4v) is 15.4. The number of hydrogen-bond donors (Lipinski definition) is 0. The number of halogens is 2. The summed E-state index contributed by atoms with van der Waals surface area (Å²) in [5.74, 6) is 0.916. The van der Waals surface area contributed by atoms with Crippen LogP contribution in [-0.4, -0.2) is 6.41 Å². The third kappa shape index (κ3) is 14.3. The molecule has 0 N–H and O–H groups in total. The Morgan fingerprint density at radius 1 is 0.389 bits per heavy atom. The molecule has 0 aliphatic heterocycles. The van der Waals surface area contributed by atoms with Crippen LogP contribution in [0.4, 0.5) is 0 Å². The molecule has 12 rings (SSSR count). The van der Waals surface area contributed by atoms with Gasteiger partial charge in [-0.05, 0) is 119 Å². The summed E-state index contributed by atoms with van der Waals surface area (Å²) in [6.07, 6.45) is 22.5. The van der Waals surface area contributed by atoms with E-state index in [9.17, 15) is 0 Å². The first-order valence-electron chi connectivity index (χ1n) is 31.9. The minimum atomic E-state index is -0.195. The Kier molecular flexibility index (Phi) is 22.6. The summed E-state index contributed by atoms with van der Waals surface area (Å²) >= 11 is 2.92. The van der Waals surface area contributed by atoms with Crippen molar-refractivity contribution in [2.24, 2.45) is 33.5 Å². The van der Waals surface area contributed by atoms with Crippen molar-refractivity contribution in [3.63, 3.8) is 0 Å². The molecule has 0 radical (unpaired) electrons. The van der Waals surface area contributed by atoms with Crippen LogP contribution in [0.25, 0.3) is 23.3 Å². The summed E-state index contributed by atoms with van der Waals surface area (Å²) in [7, 11) is 0. The van der Waals surface area contributed by atoms with E-state index in [0.717, 1.165) is 0 Å². The van der Waals surface area contributed by atoms with Gasteiger partial charge in [0.25, 0.3) is 0 Å². The van der Waals surface area contributed by atoms with Crippen molar-refractivity contribution < 1.29 is 73.3 Å². The molecule has 6 aromatic rings. The van der Waals surface area contributed by atoms with Gasteiger partial charge < -0.3 is 24.8 Å². The van der Waals surface area contributed by atoms with Crippen LogP contribution in [0.5, 0.6) is 0 Å². The molecule has 6 aliphatic rings. The van der Waals surface area contributed by atoms with Crippen molar-refractivity contribution in [1.82, 2.24) is 0 Å². The quantitative estimate of drug-likeness (QED) is 0.146. The van der Waals surface area contributed by atoms with Crippen LogP contribution in [0.2, 0.25) is 0 Å². The van der Waals surface area contributed by atoms with E-state index in [1.165, 1.54) is 176 Å². The molecule has 0 nitrogen and oxygen atoms in total. The van der Waals surface area contributed by atoms with Gasteiger partial charge in [0.05, 0.1) is 0 Å². The first kappa shape index (κ1) is 72.2. The van der Waals surface area contributed by atoms with Gasteiger partial charge in [0.2, 0.25) is 0 Å². The van der Waals surface area contributed by atoms with Crippen molar-refractivity contribution in [1.29, 1.82) is 0 Å². The second-order valence-electron chi connectivity index (χ2n) is 29.4. The molecule has 6 aromatic carbocycles. The molecule has 464 valence electrons. The third-order valence-corrected chi connectivity index (χ3v) is 22.8. The average Bonchev–Trinajstić information content (AvgIpc) is 1.50. The Bertz CT molecular complexity index is 3900. The predicted octanol–water partition coefficient (Wildman–Crippen LogP) is 12.7. The number of hydrogen-bond acceptors (Lipinski definition) is 0. The Labute approximate surface area is 584 Å². The summed E-state index contributed by atoms with van der Waals surface area (Å²) < 4.78 is 2.83. The first-order chi connectivity index (χ1) is 41.3. The second kappa shape index (κ2) is 28.2.